The minimum atomic E-state index is 0.732. The predicted molar refractivity (Wildman–Crippen MR) is 81.5 cm³/mol. The molecule has 104 valence electrons. The number of para-hydroxylation sites is 1. The summed E-state index contributed by atoms with van der Waals surface area (Å²) in [6.45, 7) is 4.50. The first-order chi connectivity index (χ1) is 9.92. The van der Waals surface area contributed by atoms with Crippen molar-refractivity contribution < 1.29 is 0 Å². The van der Waals surface area contributed by atoms with Gasteiger partial charge in [0.25, 0.3) is 0 Å². The molecule has 2 aromatic rings. The third-order valence-corrected chi connectivity index (χ3v) is 4.68. The maximum atomic E-state index is 4.47. The number of pyridine rings is 1. The van der Waals surface area contributed by atoms with E-state index in [0.29, 0.717) is 0 Å². The minimum Gasteiger partial charge on any atom is -0.314 e. The summed E-state index contributed by atoms with van der Waals surface area (Å²) in [6, 6.07) is 11.4. The van der Waals surface area contributed by atoms with Crippen LogP contribution in [0, 0.1) is 5.92 Å². The highest BCUT2D eigenvalue weighted by molar-refractivity contribution is 5.81. The Bertz CT molecular complexity index is 601. The van der Waals surface area contributed by atoms with Crippen molar-refractivity contribution in [3.8, 4) is 0 Å². The summed E-state index contributed by atoms with van der Waals surface area (Å²) in [5.41, 5.74) is 2.53. The molecule has 0 spiro atoms. The second-order valence-corrected chi connectivity index (χ2v) is 6.07. The molecule has 0 bridgehead atoms. The lowest BCUT2D eigenvalue weighted by Gasteiger charge is -2.36. The molecule has 1 aliphatic heterocycles. The lowest BCUT2D eigenvalue weighted by molar-refractivity contribution is 0.136. The Labute approximate surface area is 120 Å². The van der Waals surface area contributed by atoms with E-state index < -0.39 is 0 Å². The van der Waals surface area contributed by atoms with Gasteiger partial charge in [-0.2, -0.15) is 0 Å². The zero-order chi connectivity index (χ0) is 13.4. The summed E-state index contributed by atoms with van der Waals surface area (Å²) in [4.78, 5) is 7.15. The van der Waals surface area contributed by atoms with Crippen LogP contribution in [0.25, 0.3) is 10.9 Å². The van der Waals surface area contributed by atoms with E-state index in [0.717, 1.165) is 43.7 Å². The average molecular weight is 267 g/mol. The van der Waals surface area contributed by atoms with Crippen LogP contribution in [0.5, 0.6) is 0 Å². The van der Waals surface area contributed by atoms with Gasteiger partial charge in [0.2, 0.25) is 0 Å². The maximum absolute atomic E-state index is 4.47. The van der Waals surface area contributed by atoms with E-state index in [9.17, 15) is 0 Å². The van der Waals surface area contributed by atoms with Gasteiger partial charge in [-0.25, -0.2) is 0 Å². The summed E-state index contributed by atoms with van der Waals surface area (Å²) in [7, 11) is 0. The molecule has 2 aliphatic rings. The van der Waals surface area contributed by atoms with Crippen LogP contribution in [0.1, 0.15) is 18.4 Å². The molecule has 3 heteroatoms. The Kier molecular flexibility index (Phi) is 3.17. The van der Waals surface area contributed by atoms with E-state index in [1.54, 1.807) is 0 Å². The molecule has 1 N–H and O–H groups in total. The van der Waals surface area contributed by atoms with Gasteiger partial charge in [0.05, 0.1) is 5.52 Å². The quantitative estimate of drug-likeness (QED) is 0.925. The number of nitrogens with zero attached hydrogens (tertiary/aromatic N) is 2. The number of benzene rings is 1. The van der Waals surface area contributed by atoms with Crippen LogP contribution >= 0.6 is 0 Å². The number of hydrogen-bond acceptors (Lipinski definition) is 3. The molecule has 2 heterocycles. The Morgan fingerprint density at radius 3 is 3.00 bits per heavy atom. The van der Waals surface area contributed by atoms with Crippen LogP contribution in [0.3, 0.4) is 0 Å². The first kappa shape index (κ1) is 12.3. The van der Waals surface area contributed by atoms with E-state index in [1.165, 1.54) is 23.8 Å². The normalized spacial score (nSPS) is 24.1. The van der Waals surface area contributed by atoms with Crippen LogP contribution in [0.15, 0.2) is 36.5 Å². The van der Waals surface area contributed by atoms with Crippen LogP contribution in [-0.2, 0) is 6.54 Å². The van der Waals surface area contributed by atoms with Crippen molar-refractivity contribution in [3.63, 3.8) is 0 Å². The molecule has 1 aromatic heterocycles. The van der Waals surface area contributed by atoms with Gasteiger partial charge < -0.3 is 5.32 Å². The Morgan fingerprint density at radius 1 is 1.20 bits per heavy atom. The number of rotatable bonds is 3. The molecule has 2 fully saturated rings. The first-order valence-corrected chi connectivity index (χ1v) is 7.69. The summed E-state index contributed by atoms with van der Waals surface area (Å²) in [6.07, 6.45) is 4.78. The summed E-state index contributed by atoms with van der Waals surface area (Å²) < 4.78 is 0. The molecule has 1 atom stereocenters. The van der Waals surface area contributed by atoms with Gasteiger partial charge in [-0.1, -0.05) is 18.2 Å². The van der Waals surface area contributed by atoms with Crippen molar-refractivity contribution in [2.75, 3.05) is 19.6 Å². The van der Waals surface area contributed by atoms with Crippen molar-refractivity contribution in [3.05, 3.63) is 42.1 Å². The second-order valence-electron chi connectivity index (χ2n) is 6.07. The summed E-state index contributed by atoms with van der Waals surface area (Å²) in [5.74, 6) is 0.927. The van der Waals surface area contributed by atoms with E-state index in [1.807, 2.05) is 6.20 Å². The molecule has 1 saturated carbocycles. The highest BCUT2D eigenvalue weighted by Crippen LogP contribution is 2.36. The third-order valence-electron chi connectivity index (χ3n) is 4.68. The zero-order valence-electron chi connectivity index (χ0n) is 11.8. The first-order valence-electron chi connectivity index (χ1n) is 7.69. The highest BCUT2D eigenvalue weighted by Gasteiger charge is 2.36. The van der Waals surface area contributed by atoms with Gasteiger partial charge in [0.15, 0.2) is 0 Å². The molecular weight excluding hydrogens is 246 g/mol. The van der Waals surface area contributed by atoms with Gasteiger partial charge in [-0.05, 0) is 36.5 Å². The van der Waals surface area contributed by atoms with E-state index in [2.05, 4.69) is 45.5 Å². The molecule has 4 rings (SSSR count). The minimum absolute atomic E-state index is 0.732. The lowest BCUT2D eigenvalue weighted by atomic mass is 10.0. The highest BCUT2D eigenvalue weighted by atomic mass is 15.2. The second kappa shape index (κ2) is 5.15. The lowest BCUT2D eigenvalue weighted by Crippen LogP contribution is -2.51. The van der Waals surface area contributed by atoms with E-state index in [-0.39, 0.29) is 0 Å². The van der Waals surface area contributed by atoms with Crippen LogP contribution < -0.4 is 5.32 Å². The van der Waals surface area contributed by atoms with Crippen LogP contribution in [-0.4, -0.2) is 35.6 Å². The number of fused-ring (bicyclic) bond motifs is 1. The SMILES string of the molecule is c1ccc2c(CN3CCNCC3C3CC3)ccnc2c1. The molecule has 0 amide bonds. The van der Waals surface area contributed by atoms with Gasteiger partial charge >= 0.3 is 0 Å². The number of piperazine rings is 1. The molecular formula is C17H21N3. The van der Waals surface area contributed by atoms with Crippen molar-refractivity contribution >= 4 is 10.9 Å². The fraction of sp³-hybridized carbons (Fsp3) is 0.471. The standard InChI is InChI=1S/C17H21N3/c1-2-4-16-15(3-1)14(7-8-19-16)12-20-10-9-18-11-17(20)13-5-6-13/h1-4,7-8,13,17-18H,5-6,9-12H2. The van der Waals surface area contributed by atoms with Gasteiger partial charge in [-0.15, -0.1) is 0 Å². The van der Waals surface area contributed by atoms with Crippen molar-refractivity contribution in [1.29, 1.82) is 0 Å². The molecule has 0 radical (unpaired) electrons. The predicted octanol–water partition coefficient (Wildman–Crippen LogP) is 2.42. The zero-order valence-corrected chi connectivity index (χ0v) is 11.8. The summed E-state index contributed by atoms with van der Waals surface area (Å²) >= 11 is 0. The molecule has 1 aliphatic carbocycles. The van der Waals surface area contributed by atoms with Crippen molar-refractivity contribution in [1.82, 2.24) is 15.2 Å². The van der Waals surface area contributed by atoms with Gasteiger partial charge in [0, 0.05) is 43.8 Å². The summed E-state index contributed by atoms with van der Waals surface area (Å²) in [5, 5.41) is 4.86. The number of nitrogens with one attached hydrogen (secondary N) is 1. The van der Waals surface area contributed by atoms with Crippen LogP contribution in [0.2, 0.25) is 0 Å². The Morgan fingerprint density at radius 2 is 2.10 bits per heavy atom. The van der Waals surface area contributed by atoms with Crippen LogP contribution in [0.4, 0.5) is 0 Å². The van der Waals surface area contributed by atoms with Gasteiger partial charge in [-0.3, -0.25) is 9.88 Å². The topological polar surface area (TPSA) is 28.2 Å². The molecule has 1 unspecified atom stereocenters. The number of hydrogen-bond donors (Lipinski definition) is 1. The fourth-order valence-corrected chi connectivity index (χ4v) is 3.42. The van der Waals surface area contributed by atoms with E-state index in [4.69, 9.17) is 0 Å². The number of aromatic nitrogens is 1. The van der Waals surface area contributed by atoms with Gasteiger partial charge in [0.1, 0.15) is 0 Å². The largest absolute Gasteiger partial charge is 0.314 e. The van der Waals surface area contributed by atoms with E-state index >= 15 is 0 Å². The average Bonchev–Trinajstić information content (AvgIpc) is 3.33. The fourth-order valence-electron chi connectivity index (χ4n) is 3.42. The van der Waals surface area contributed by atoms with Crippen molar-refractivity contribution in [2.24, 2.45) is 5.92 Å². The Balaban J connectivity index is 1.62. The molecule has 1 saturated heterocycles. The molecule has 1 aromatic carbocycles. The maximum Gasteiger partial charge on any atom is 0.0705 e. The smallest absolute Gasteiger partial charge is 0.0705 e. The van der Waals surface area contributed by atoms with Crippen molar-refractivity contribution in [2.45, 2.75) is 25.4 Å². The third kappa shape index (κ3) is 2.32. The Hall–Kier alpha value is -1.45. The monoisotopic (exact) mass is 267 g/mol. The molecule has 3 nitrogen and oxygen atoms in total. The molecule has 20 heavy (non-hydrogen) atoms.